The minimum atomic E-state index is -0.403. The summed E-state index contributed by atoms with van der Waals surface area (Å²) >= 11 is 5.71. The van der Waals surface area contributed by atoms with Gasteiger partial charge in [0.25, 0.3) is 0 Å². The van der Waals surface area contributed by atoms with Crippen LogP contribution in [0.15, 0.2) is 18.2 Å². The van der Waals surface area contributed by atoms with Crippen LogP contribution in [0.1, 0.15) is 25.5 Å². The summed E-state index contributed by atoms with van der Waals surface area (Å²) < 4.78 is 13.7. The number of nitrogens with zero attached hydrogens (tertiary/aromatic N) is 1. The van der Waals surface area contributed by atoms with Crippen molar-refractivity contribution in [1.82, 2.24) is 4.90 Å². The largest absolute Gasteiger partial charge is 0.322 e. The average molecular weight is 245 g/mol. The number of hydrogen-bond donors (Lipinski definition) is 1. The number of benzene rings is 1. The van der Waals surface area contributed by atoms with Gasteiger partial charge >= 0.3 is 0 Å². The van der Waals surface area contributed by atoms with E-state index in [1.54, 1.807) is 12.1 Å². The van der Waals surface area contributed by atoms with Crippen molar-refractivity contribution < 1.29 is 4.39 Å². The van der Waals surface area contributed by atoms with E-state index in [1.807, 2.05) is 32.8 Å². The zero-order valence-electron chi connectivity index (χ0n) is 10.1. The molecule has 90 valence electrons. The molecule has 0 amide bonds. The van der Waals surface area contributed by atoms with Crippen LogP contribution in [0, 0.1) is 5.82 Å². The lowest BCUT2D eigenvalue weighted by Crippen LogP contribution is -2.47. The van der Waals surface area contributed by atoms with Crippen molar-refractivity contribution in [3.8, 4) is 0 Å². The van der Waals surface area contributed by atoms with Gasteiger partial charge in [-0.3, -0.25) is 0 Å². The molecule has 0 aliphatic rings. The standard InChI is InChI=1S/C12H18ClFN2/c1-12(2,16(3)4)11(15)9-6-5-8(13)7-10(9)14/h5-7,11H,15H2,1-4H3. The van der Waals surface area contributed by atoms with Crippen LogP contribution in [0.4, 0.5) is 4.39 Å². The highest BCUT2D eigenvalue weighted by atomic mass is 35.5. The van der Waals surface area contributed by atoms with Crippen molar-refractivity contribution in [1.29, 1.82) is 0 Å². The highest BCUT2D eigenvalue weighted by molar-refractivity contribution is 6.30. The molecule has 0 spiro atoms. The third kappa shape index (κ3) is 2.54. The molecule has 0 heterocycles. The Kier molecular flexibility index (Phi) is 3.94. The van der Waals surface area contributed by atoms with Crippen LogP contribution in [-0.2, 0) is 0 Å². The van der Waals surface area contributed by atoms with Crippen molar-refractivity contribution in [2.75, 3.05) is 14.1 Å². The summed E-state index contributed by atoms with van der Waals surface area (Å²) in [5.41, 5.74) is 6.26. The van der Waals surface area contributed by atoms with Crippen molar-refractivity contribution >= 4 is 11.6 Å². The lowest BCUT2D eigenvalue weighted by Gasteiger charge is -2.38. The molecule has 16 heavy (non-hydrogen) atoms. The highest BCUT2D eigenvalue weighted by Crippen LogP contribution is 2.29. The van der Waals surface area contributed by atoms with Crippen LogP contribution in [0.25, 0.3) is 0 Å². The van der Waals surface area contributed by atoms with Crippen LogP contribution < -0.4 is 5.73 Å². The molecular formula is C12H18ClFN2. The van der Waals surface area contributed by atoms with Gasteiger partial charge in [0.2, 0.25) is 0 Å². The number of nitrogens with two attached hydrogens (primary N) is 1. The molecule has 0 saturated carbocycles. The van der Waals surface area contributed by atoms with E-state index >= 15 is 0 Å². The van der Waals surface area contributed by atoms with Crippen LogP contribution in [0.5, 0.6) is 0 Å². The fraction of sp³-hybridized carbons (Fsp3) is 0.500. The van der Waals surface area contributed by atoms with Crippen LogP contribution in [0.3, 0.4) is 0 Å². The molecule has 1 aromatic carbocycles. The maximum absolute atomic E-state index is 13.7. The van der Waals surface area contributed by atoms with Gasteiger partial charge in [-0.25, -0.2) is 4.39 Å². The Balaban J connectivity index is 3.10. The van der Waals surface area contributed by atoms with Gasteiger partial charge in [-0.2, -0.15) is 0 Å². The van der Waals surface area contributed by atoms with Gasteiger partial charge < -0.3 is 10.6 Å². The molecule has 1 rings (SSSR count). The molecule has 0 fully saturated rings. The second kappa shape index (κ2) is 4.70. The third-order valence-corrected chi connectivity index (χ3v) is 3.45. The minimum absolute atomic E-state index is 0.325. The molecule has 1 unspecified atom stereocenters. The van der Waals surface area contributed by atoms with Gasteiger partial charge in [0.15, 0.2) is 0 Å². The number of rotatable bonds is 3. The van der Waals surface area contributed by atoms with Gasteiger partial charge in [-0.1, -0.05) is 17.7 Å². The maximum atomic E-state index is 13.7. The first-order chi connectivity index (χ1) is 7.26. The van der Waals surface area contributed by atoms with Gasteiger partial charge in [0.05, 0.1) is 6.04 Å². The summed E-state index contributed by atoms with van der Waals surface area (Å²) in [6.07, 6.45) is 0. The predicted molar refractivity (Wildman–Crippen MR) is 66.1 cm³/mol. The molecule has 0 bridgehead atoms. The van der Waals surface area contributed by atoms with Crippen molar-refractivity contribution in [2.24, 2.45) is 5.73 Å². The normalized spacial score (nSPS) is 14.2. The summed E-state index contributed by atoms with van der Waals surface area (Å²) in [6.45, 7) is 3.96. The van der Waals surface area contributed by atoms with E-state index in [-0.39, 0.29) is 11.4 Å². The van der Waals surface area contributed by atoms with Crippen LogP contribution in [-0.4, -0.2) is 24.5 Å². The fourth-order valence-electron chi connectivity index (χ4n) is 1.41. The van der Waals surface area contributed by atoms with E-state index in [4.69, 9.17) is 17.3 Å². The summed E-state index contributed by atoms with van der Waals surface area (Å²) in [4.78, 5) is 1.98. The monoisotopic (exact) mass is 244 g/mol. The van der Waals surface area contributed by atoms with E-state index in [0.717, 1.165) is 0 Å². The number of likely N-dealkylation sites (N-methyl/N-ethyl adjacent to an activating group) is 1. The number of halogens is 2. The number of hydrogen-bond acceptors (Lipinski definition) is 2. The second-order valence-electron chi connectivity index (χ2n) is 4.69. The van der Waals surface area contributed by atoms with Crippen LogP contribution >= 0.6 is 11.6 Å². The maximum Gasteiger partial charge on any atom is 0.129 e. The Morgan fingerprint density at radius 2 is 1.94 bits per heavy atom. The first kappa shape index (κ1) is 13.4. The Hall–Kier alpha value is -0.640. The van der Waals surface area contributed by atoms with Crippen molar-refractivity contribution in [2.45, 2.75) is 25.4 Å². The molecule has 0 radical (unpaired) electrons. The Labute approximate surface area is 101 Å². The predicted octanol–water partition coefficient (Wildman–Crippen LogP) is 2.82. The second-order valence-corrected chi connectivity index (χ2v) is 5.13. The Morgan fingerprint density at radius 1 is 1.38 bits per heavy atom. The molecule has 0 saturated heterocycles. The zero-order valence-corrected chi connectivity index (χ0v) is 10.8. The molecule has 1 aromatic rings. The highest BCUT2D eigenvalue weighted by Gasteiger charge is 2.31. The minimum Gasteiger partial charge on any atom is -0.322 e. The summed E-state index contributed by atoms with van der Waals surface area (Å²) in [5, 5.41) is 0.385. The molecule has 0 aromatic heterocycles. The van der Waals surface area contributed by atoms with E-state index in [1.165, 1.54) is 6.07 Å². The van der Waals surface area contributed by atoms with E-state index in [2.05, 4.69) is 0 Å². The van der Waals surface area contributed by atoms with Gasteiger partial charge in [0.1, 0.15) is 5.82 Å². The van der Waals surface area contributed by atoms with E-state index in [9.17, 15) is 4.39 Å². The summed E-state index contributed by atoms with van der Waals surface area (Å²) in [7, 11) is 3.85. The molecule has 2 N–H and O–H groups in total. The third-order valence-electron chi connectivity index (χ3n) is 3.21. The van der Waals surface area contributed by atoms with Gasteiger partial charge in [-0.15, -0.1) is 0 Å². The first-order valence-corrected chi connectivity index (χ1v) is 5.52. The lowest BCUT2D eigenvalue weighted by atomic mass is 9.88. The summed E-state index contributed by atoms with van der Waals surface area (Å²) in [5.74, 6) is -0.352. The van der Waals surface area contributed by atoms with Crippen LogP contribution in [0.2, 0.25) is 5.02 Å². The van der Waals surface area contributed by atoms with Gasteiger partial charge in [0, 0.05) is 16.1 Å². The molecule has 4 heteroatoms. The Bertz CT molecular complexity index is 377. The quantitative estimate of drug-likeness (QED) is 0.886. The zero-order chi connectivity index (χ0) is 12.5. The van der Waals surface area contributed by atoms with Crippen molar-refractivity contribution in [3.63, 3.8) is 0 Å². The molecule has 0 aliphatic carbocycles. The van der Waals surface area contributed by atoms with Crippen molar-refractivity contribution in [3.05, 3.63) is 34.6 Å². The average Bonchev–Trinajstić information content (AvgIpc) is 2.16. The van der Waals surface area contributed by atoms with Gasteiger partial charge in [-0.05, 0) is 40.1 Å². The Morgan fingerprint density at radius 3 is 2.38 bits per heavy atom. The molecule has 0 aliphatic heterocycles. The fourth-order valence-corrected chi connectivity index (χ4v) is 1.57. The smallest absolute Gasteiger partial charge is 0.129 e. The summed E-state index contributed by atoms with van der Waals surface area (Å²) in [6, 6.07) is 4.20. The lowest BCUT2D eigenvalue weighted by molar-refractivity contribution is 0.157. The topological polar surface area (TPSA) is 29.3 Å². The van der Waals surface area contributed by atoms with E-state index < -0.39 is 6.04 Å². The SMILES string of the molecule is CN(C)C(C)(C)C(N)c1ccc(Cl)cc1F. The van der Waals surface area contributed by atoms with E-state index in [0.29, 0.717) is 10.6 Å². The molecule has 1 atom stereocenters. The first-order valence-electron chi connectivity index (χ1n) is 5.14. The molecular weight excluding hydrogens is 227 g/mol. The molecule has 2 nitrogen and oxygen atoms in total.